The van der Waals surface area contributed by atoms with Gasteiger partial charge in [-0.05, 0) is 18.8 Å². The van der Waals surface area contributed by atoms with E-state index in [1.807, 2.05) is 0 Å². The summed E-state index contributed by atoms with van der Waals surface area (Å²) in [7, 11) is 0. The molecule has 19 heavy (non-hydrogen) atoms. The van der Waals surface area contributed by atoms with Crippen LogP contribution in [0.3, 0.4) is 0 Å². The third-order valence-electron chi connectivity index (χ3n) is 4.02. The molecule has 2 aliphatic rings. The fourth-order valence-electron chi connectivity index (χ4n) is 2.89. The average molecular weight is 279 g/mol. The highest BCUT2D eigenvalue weighted by atomic mass is 19.3. The second-order valence-corrected chi connectivity index (χ2v) is 5.51. The van der Waals surface area contributed by atoms with Crippen molar-refractivity contribution in [3.63, 3.8) is 0 Å². The van der Waals surface area contributed by atoms with E-state index in [1.54, 1.807) is 0 Å². The number of alkyl halides is 4. The summed E-state index contributed by atoms with van der Waals surface area (Å²) in [5.74, 6) is -5.79. The SMILES string of the molecule is C=C(C1CCC(F)(F)CC1)N1CC(F)(F)C[C@H]1C=O. The lowest BCUT2D eigenvalue weighted by molar-refractivity contribution is -0.111. The number of carbonyl (C=O) groups is 1. The van der Waals surface area contributed by atoms with Crippen molar-refractivity contribution in [3.8, 4) is 0 Å². The first-order valence-electron chi connectivity index (χ1n) is 6.40. The molecule has 1 aliphatic carbocycles. The first-order valence-corrected chi connectivity index (χ1v) is 6.40. The number of hydrogen-bond donors (Lipinski definition) is 0. The van der Waals surface area contributed by atoms with Crippen LogP contribution >= 0.6 is 0 Å². The molecule has 0 bridgehead atoms. The molecule has 1 saturated carbocycles. The van der Waals surface area contributed by atoms with E-state index in [9.17, 15) is 22.4 Å². The number of allylic oxidation sites excluding steroid dienone is 1. The van der Waals surface area contributed by atoms with Crippen molar-refractivity contribution in [2.24, 2.45) is 5.92 Å². The summed E-state index contributed by atoms with van der Waals surface area (Å²) in [6.07, 6.45) is -0.0414. The summed E-state index contributed by atoms with van der Waals surface area (Å²) in [5, 5.41) is 0. The van der Waals surface area contributed by atoms with Gasteiger partial charge in [0.1, 0.15) is 6.29 Å². The van der Waals surface area contributed by atoms with E-state index in [0.717, 1.165) is 0 Å². The Labute approximate surface area is 109 Å². The standard InChI is InChI=1S/C13H17F4NO/c1-9(10-2-4-12(14,15)5-3-10)18-8-13(16,17)6-11(18)7-19/h7,10-11H,1-6,8H2/t11-/m0/s1. The molecule has 1 aliphatic heterocycles. The molecule has 1 saturated heterocycles. The average Bonchev–Trinajstić information content (AvgIpc) is 2.64. The van der Waals surface area contributed by atoms with Gasteiger partial charge in [-0.2, -0.15) is 0 Å². The van der Waals surface area contributed by atoms with E-state index in [0.29, 0.717) is 12.0 Å². The van der Waals surface area contributed by atoms with Gasteiger partial charge in [-0.15, -0.1) is 0 Å². The first-order chi connectivity index (χ1) is 8.74. The topological polar surface area (TPSA) is 20.3 Å². The van der Waals surface area contributed by atoms with Crippen LogP contribution in [-0.2, 0) is 4.79 Å². The maximum Gasteiger partial charge on any atom is 0.267 e. The molecule has 0 spiro atoms. The van der Waals surface area contributed by atoms with Crippen LogP contribution in [0.15, 0.2) is 12.3 Å². The second kappa shape index (κ2) is 4.80. The molecule has 1 atom stereocenters. The smallest absolute Gasteiger partial charge is 0.267 e. The normalized spacial score (nSPS) is 30.3. The van der Waals surface area contributed by atoms with Crippen LogP contribution in [0, 0.1) is 5.92 Å². The Morgan fingerprint density at radius 1 is 1.16 bits per heavy atom. The minimum Gasteiger partial charge on any atom is -0.359 e. The van der Waals surface area contributed by atoms with Crippen molar-refractivity contribution in [3.05, 3.63) is 12.3 Å². The highest BCUT2D eigenvalue weighted by Gasteiger charge is 2.47. The van der Waals surface area contributed by atoms with Gasteiger partial charge in [-0.3, -0.25) is 0 Å². The zero-order valence-electron chi connectivity index (χ0n) is 10.5. The van der Waals surface area contributed by atoms with E-state index in [2.05, 4.69) is 6.58 Å². The maximum atomic E-state index is 13.3. The van der Waals surface area contributed by atoms with Gasteiger partial charge in [-0.1, -0.05) is 6.58 Å². The van der Waals surface area contributed by atoms with Crippen LogP contribution in [-0.4, -0.2) is 35.6 Å². The molecule has 2 rings (SSSR count). The second-order valence-electron chi connectivity index (χ2n) is 5.51. The van der Waals surface area contributed by atoms with Gasteiger partial charge in [0.05, 0.1) is 12.6 Å². The lowest BCUT2D eigenvalue weighted by Gasteiger charge is -2.35. The Kier molecular flexibility index (Phi) is 3.62. The van der Waals surface area contributed by atoms with Crippen molar-refractivity contribution in [2.75, 3.05) is 6.54 Å². The Bertz CT molecular complexity index is 373. The van der Waals surface area contributed by atoms with Crippen molar-refractivity contribution < 1.29 is 22.4 Å². The molecule has 0 aromatic rings. The molecule has 2 fully saturated rings. The largest absolute Gasteiger partial charge is 0.359 e. The molecule has 0 aromatic carbocycles. The van der Waals surface area contributed by atoms with Crippen LogP contribution in [0.4, 0.5) is 17.6 Å². The Morgan fingerprint density at radius 2 is 1.74 bits per heavy atom. The lowest BCUT2D eigenvalue weighted by atomic mass is 9.84. The molecule has 0 aromatic heterocycles. The van der Waals surface area contributed by atoms with Gasteiger partial charge in [0.25, 0.3) is 5.92 Å². The molecular formula is C13H17F4NO. The summed E-state index contributed by atoms with van der Waals surface area (Å²) < 4.78 is 52.8. The molecule has 2 nitrogen and oxygen atoms in total. The van der Waals surface area contributed by atoms with E-state index in [-0.39, 0.29) is 31.6 Å². The predicted octanol–water partition coefficient (Wildman–Crippen LogP) is 3.23. The molecule has 1 heterocycles. The minimum atomic E-state index is -2.91. The highest BCUT2D eigenvalue weighted by molar-refractivity contribution is 5.59. The van der Waals surface area contributed by atoms with Crippen LogP contribution in [0.2, 0.25) is 0 Å². The zero-order valence-corrected chi connectivity index (χ0v) is 10.5. The number of likely N-dealkylation sites (tertiary alicyclic amines) is 1. The first kappa shape index (κ1) is 14.3. The van der Waals surface area contributed by atoms with E-state index in [1.165, 1.54) is 4.90 Å². The van der Waals surface area contributed by atoms with Gasteiger partial charge in [-0.25, -0.2) is 17.6 Å². The van der Waals surface area contributed by atoms with Crippen LogP contribution < -0.4 is 0 Å². The number of halogens is 4. The van der Waals surface area contributed by atoms with Gasteiger partial charge >= 0.3 is 0 Å². The molecule has 0 amide bonds. The van der Waals surface area contributed by atoms with Crippen molar-refractivity contribution >= 4 is 6.29 Å². The number of carbonyl (C=O) groups excluding carboxylic acids is 1. The Morgan fingerprint density at radius 3 is 2.26 bits per heavy atom. The Hall–Kier alpha value is -1.07. The summed E-state index contributed by atoms with van der Waals surface area (Å²) in [4.78, 5) is 12.2. The number of rotatable bonds is 3. The van der Waals surface area contributed by atoms with Gasteiger partial charge in [0.15, 0.2) is 0 Å². The quantitative estimate of drug-likeness (QED) is 0.584. The monoisotopic (exact) mass is 279 g/mol. The van der Waals surface area contributed by atoms with E-state index >= 15 is 0 Å². The van der Waals surface area contributed by atoms with E-state index in [4.69, 9.17) is 0 Å². The summed E-state index contributed by atoms with van der Waals surface area (Å²) in [6.45, 7) is 3.22. The summed E-state index contributed by atoms with van der Waals surface area (Å²) in [5.41, 5.74) is 0.407. The molecule has 0 N–H and O–H groups in total. The number of hydrogen-bond acceptors (Lipinski definition) is 2. The predicted molar refractivity (Wildman–Crippen MR) is 62.2 cm³/mol. The van der Waals surface area contributed by atoms with Crippen molar-refractivity contribution in [2.45, 2.75) is 50.0 Å². The minimum absolute atomic E-state index is 0.226. The van der Waals surface area contributed by atoms with Gasteiger partial charge in [0, 0.05) is 25.0 Å². The van der Waals surface area contributed by atoms with Crippen LogP contribution in [0.25, 0.3) is 0 Å². The number of aldehydes is 1. The molecular weight excluding hydrogens is 262 g/mol. The summed E-state index contributed by atoms with van der Waals surface area (Å²) >= 11 is 0. The summed E-state index contributed by atoms with van der Waals surface area (Å²) in [6, 6.07) is -0.884. The zero-order chi connectivity index (χ0) is 14.3. The third-order valence-corrected chi connectivity index (χ3v) is 4.02. The lowest BCUT2D eigenvalue weighted by Crippen LogP contribution is -2.36. The van der Waals surface area contributed by atoms with Crippen molar-refractivity contribution in [1.82, 2.24) is 4.90 Å². The van der Waals surface area contributed by atoms with Crippen molar-refractivity contribution in [1.29, 1.82) is 0 Å². The third kappa shape index (κ3) is 3.09. The van der Waals surface area contributed by atoms with Gasteiger partial charge in [0.2, 0.25) is 5.92 Å². The maximum absolute atomic E-state index is 13.3. The fraction of sp³-hybridized carbons (Fsp3) is 0.769. The molecule has 6 heteroatoms. The van der Waals surface area contributed by atoms with Crippen LogP contribution in [0.1, 0.15) is 32.1 Å². The fourth-order valence-corrected chi connectivity index (χ4v) is 2.89. The number of nitrogens with zero attached hydrogens (tertiary/aromatic N) is 1. The molecule has 0 unspecified atom stereocenters. The van der Waals surface area contributed by atoms with Crippen LogP contribution in [0.5, 0.6) is 0 Å². The highest BCUT2D eigenvalue weighted by Crippen LogP contribution is 2.42. The van der Waals surface area contributed by atoms with E-state index < -0.39 is 30.9 Å². The molecule has 0 radical (unpaired) electrons. The molecule has 108 valence electrons. The van der Waals surface area contributed by atoms with Gasteiger partial charge < -0.3 is 9.69 Å². The Balaban J connectivity index is 2.02.